The van der Waals surface area contributed by atoms with Gasteiger partial charge in [-0.2, -0.15) is 0 Å². The largest absolute Gasteiger partial charge is 0.397 e. The fourth-order valence-electron chi connectivity index (χ4n) is 2.18. The van der Waals surface area contributed by atoms with Gasteiger partial charge in [-0.15, -0.1) is 0 Å². The molecular formula is C13H20N2. The van der Waals surface area contributed by atoms with Crippen LogP contribution in [0.15, 0.2) is 18.2 Å². The molecule has 1 saturated carbocycles. The number of hydrogen-bond acceptors (Lipinski definition) is 2. The van der Waals surface area contributed by atoms with Crippen LogP contribution in [-0.4, -0.2) is 13.6 Å². The number of nitrogens with zero attached hydrogens (tertiary/aromatic N) is 1. The third-order valence-electron chi connectivity index (χ3n) is 3.35. The highest BCUT2D eigenvalue weighted by molar-refractivity contribution is 5.68. The molecule has 0 heterocycles. The fourth-order valence-corrected chi connectivity index (χ4v) is 2.18. The minimum absolute atomic E-state index is 0.885. The molecule has 1 aromatic rings. The van der Waals surface area contributed by atoms with Crippen LogP contribution in [-0.2, 0) is 0 Å². The number of hydrogen-bond donors (Lipinski definition) is 1. The second-order valence-corrected chi connectivity index (χ2v) is 4.74. The van der Waals surface area contributed by atoms with Crippen molar-refractivity contribution in [1.29, 1.82) is 0 Å². The van der Waals surface area contributed by atoms with E-state index in [1.807, 2.05) is 6.07 Å². The van der Waals surface area contributed by atoms with E-state index in [-0.39, 0.29) is 0 Å². The van der Waals surface area contributed by atoms with Crippen LogP contribution in [0.4, 0.5) is 11.4 Å². The van der Waals surface area contributed by atoms with Gasteiger partial charge in [-0.05, 0) is 43.4 Å². The smallest absolute Gasteiger partial charge is 0.0597 e. The summed E-state index contributed by atoms with van der Waals surface area (Å²) in [6, 6.07) is 6.30. The molecule has 1 aromatic carbocycles. The average molecular weight is 204 g/mol. The summed E-state index contributed by atoms with van der Waals surface area (Å²) in [5, 5.41) is 0. The quantitative estimate of drug-likeness (QED) is 0.767. The number of benzene rings is 1. The molecule has 82 valence electrons. The Morgan fingerprint density at radius 1 is 1.40 bits per heavy atom. The minimum Gasteiger partial charge on any atom is -0.397 e. The molecule has 2 rings (SSSR count). The normalized spacial score (nSPS) is 16.1. The van der Waals surface area contributed by atoms with Crippen molar-refractivity contribution in [2.75, 3.05) is 24.2 Å². The molecule has 0 radical (unpaired) electrons. The Kier molecular flexibility index (Phi) is 2.85. The van der Waals surface area contributed by atoms with Crippen LogP contribution in [0.2, 0.25) is 0 Å². The number of nitrogen functional groups attached to an aromatic ring is 1. The van der Waals surface area contributed by atoms with Crippen LogP contribution >= 0.6 is 0 Å². The molecule has 2 N–H and O–H groups in total. The summed E-state index contributed by atoms with van der Waals surface area (Å²) < 4.78 is 0. The predicted molar refractivity (Wildman–Crippen MR) is 66.2 cm³/mol. The third kappa shape index (κ3) is 2.25. The van der Waals surface area contributed by atoms with Gasteiger partial charge in [0.1, 0.15) is 0 Å². The van der Waals surface area contributed by atoms with Crippen LogP contribution in [0, 0.1) is 12.8 Å². The molecule has 0 spiro atoms. The molecule has 0 amide bonds. The second kappa shape index (κ2) is 4.13. The lowest BCUT2D eigenvalue weighted by Gasteiger charge is -2.31. The van der Waals surface area contributed by atoms with E-state index in [0.29, 0.717) is 0 Å². The van der Waals surface area contributed by atoms with Gasteiger partial charge in [-0.25, -0.2) is 0 Å². The topological polar surface area (TPSA) is 29.3 Å². The maximum atomic E-state index is 6.02. The van der Waals surface area contributed by atoms with Crippen molar-refractivity contribution in [3.8, 4) is 0 Å². The van der Waals surface area contributed by atoms with Crippen molar-refractivity contribution >= 4 is 11.4 Å². The van der Waals surface area contributed by atoms with Crippen LogP contribution in [0.1, 0.15) is 24.8 Å². The van der Waals surface area contributed by atoms with E-state index in [9.17, 15) is 0 Å². The Labute approximate surface area is 92.1 Å². The van der Waals surface area contributed by atoms with Crippen LogP contribution in [0.25, 0.3) is 0 Å². The van der Waals surface area contributed by atoms with Gasteiger partial charge in [0.05, 0.1) is 11.4 Å². The third-order valence-corrected chi connectivity index (χ3v) is 3.35. The summed E-state index contributed by atoms with van der Waals surface area (Å²) in [5.41, 5.74) is 9.32. The first-order valence-electron chi connectivity index (χ1n) is 5.74. The highest BCUT2D eigenvalue weighted by Crippen LogP contribution is 2.30. The molecule has 0 unspecified atom stereocenters. The molecule has 1 aliphatic carbocycles. The Morgan fingerprint density at radius 3 is 2.67 bits per heavy atom. The van der Waals surface area contributed by atoms with Crippen molar-refractivity contribution in [2.45, 2.75) is 26.2 Å². The van der Waals surface area contributed by atoms with E-state index in [0.717, 1.165) is 18.2 Å². The van der Waals surface area contributed by atoms with Gasteiger partial charge in [0.25, 0.3) is 0 Å². The zero-order chi connectivity index (χ0) is 10.8. The summed E-state index contributed by atoms with van der Waals surface area (Å²) in [4.78, 5) is 2.29. The molecule has 15 heavy (non-hydrogen) atoms. The van der Waals surface area contributed by atoms with Crippen molar-refractivity contribution in [3.05, 3.63) is 23.8 Å². The summed E-state index contributed by atoms with van der Waals surface area (Å²) in [7, 11) is 2.14. The van der Waals surface area contributed by atoms with Crippen molar-refractivity contribution in [2.24, 2.45) is 5.92 Å². The van der Waals surface area contributed by atoms with E-state index in [1.54, 1.807) is 0 Å². The molecule has 0 saturated heterocycles. The Balaban J connectivity index is 2.06. The molecule has 2 heteroatoms. The molecule has 0 atom stereocenters. The zero-order valence-electron chi connectivity index (χ0n) is 9.66. The van der Waals surface area contributed by atoms with E-state index in [1.165, 1.54) is 30.5 Å². The van der Waals surface area contributed by atoms with E-state index in [4.69, 9.17) is 5.73 Å². The van der Waals surface area contributed by atoms with Crippen LogP contribution < -0.4 is 10.6 Å². The fraction of sp³-hybridized carbons (Fsp3) is 0.538. The lowest BCUT2D eigenvalue weighted by atomic mass is 9.85. The van der Waals surface area contributed by atoms with Gasteiger partial charge in [-0.3, -0.25) is 0 Å². The number of anilines is 2. The summed E-state index contributed by atoms with van der Waals surface area (Å²) in [5.74, 6) is 0.885. The maximum Gasteiger partial charge on any atom is 0.0597 e. The first-order valence-corrected chi connectivity index (χ1v) is 5.74. The molecular weight excluding hydrogens is 184 g/mol. The summed E-state index contributed by atoms with van der Waals surface area (Å²) in [6.45, 7) is 3.22. The van der Waals surface area contributed by atoms with Crippen LogP contribution in [0.5, 0.6) is 0 Å². The van der Waals surface area contributed by atoms with E-state index in [2.05, 4.69) is 31.0 Å². The Hall–Kier alpha value is -1.18. The standard InChI is InChI=1S/C13H20N2/c1-10-6-7-13(12(14)8-10)15(2)9-11-4-3-5-11/h6-8,11H,3-5,9,14H2,1-2H3. The average Bonchev–Trinajstić information content (AvgIpc) is 2.11. The number of rotatable bonds is 3. The first-order chi connectivity index (χ1) is 7.16. The molecule has 2 nitrogen and oxygen atoms in total. The lowest BCUT2D eigenvalue weighted by molar-refractivity contribution is 0.321. The summed E-state index contributed by atoms with van der Waals surface area (Å²) in [6.07, 6.45) is 4.17. The molecule has 1 aliphatic rings. The highest BCUT2D eigenvalue weighted by Gasteiger charge is 2.19. The minimum atomic E-state index is 0.885. The predicted octanol–water partition coefficient (Wildman–Crippen LogP) is 2.81. The maximum absolute atomic E-state index is 6.02. The monoisotopic (exact) mass is 204 g/mol. The van der Waals surface area contributed by atoms with E-state index >= 15 is 0 Å². The van der Waals surface area contributed by atoms with Crippen molar-refractivity contribution < 1.29 is 0 Å². The number of nitrogens with two attached hydrogens (primary N) is 1. The first kappa shape index (κ1) is 10.3. The molecule has 0 aromatic heterocycles. The van der Waals surface area contributed by atoms with Gasteiger partial charge >= 0.3 is 0 Å². The number of aryl methyl sites for hydroxylation is 1. The van der Waals surface area contributed by atoms with Gasteiger partial charge in [-0.1, -0.05) is 12.5 Å². The van der Waals surface area contributed by atoms with E-state index < -0.39 is 0 Å². The SMILES string of the molecule is Cc1ccc(N(C)CC2CCC2)c(N)c1. The van der Waals surface area contributed by atoms with Gasteiger partial charge in [0, 0.05) is 13.6 Å². The lowest BCUT2D eigenvalue weighted by Crippen LogP contribution is -2.29. The van der Waals surface area contributed by atoms with Gasteiger partial charge < -0.3 is 10.6 Å². The zero-order valence-corrected chi connectivity index (χ0v) is 9.66. The second-order valence-electron chi connectivity index (χ2n) is 4.74. The molecule has 1 fully saturated rings. The van der Waals surface area contributed by atoms with Gasteiger partial charge in [0.15, 0.2) is 0 Å². The highest BCUT2D eigenvalue weighted by atomic mass is 15.1. The summed E-state index contributed by atoms with van der Waals surface area (Å²) >= 11 is 0. The van der Waals surface area contributed by atoms with Crippen molar-refractivity contribution in [1.82, 2.24) is 0 Å². The van der Waals surface area contributed by atoms with Gasteiger partial charge in [0.2, 0.25) is 0 Å². The van der Waals surface area contributed by atoms with Crippen LogP contribution in [0.3, 0.4) is 0 Å². The molecule has 0 aliphatic heterocycles. The Bertz CT molecular complexity index is 342. The Morgan fingerprint density at radius 2 is 2.13 bits per heavy atom. The van der Waals surface area contributed by atoms with Crippen molar-refractivity contribution in [3.63, 3.8) is 0 Å². The molecule has 0 bridgehead atoms.